The Morgan fingerprint density at radius 3 is 2.81 bits per heavy atom. The summed E-state index contributed by atoms with van der Waals surface area (Å²) in [6.07, 6.45) is 0. The number of benzene rings is 1. The molecule has 0 spiro atoms. The van der Waals surface area contributed by atoms with Gasteiger partial charge in [-0.25, -0.2) is 0 Å². The van der Waals surface area contributed by atoms with E-state index in [2.05, 4.69) is 71.7 Å². The molecule has 0 radical (unpaired) electrons. The number of aryl methyl sites for hydroxylation is 1. The van der Waals surface area contributed by atoms with E-state index < -0.39 is 0 Å². The van der Waals surface area contributed by atoms with Gasteiger partial charge in [-0.15, -0.1) is 11.3 Å². The minimum atomic E-state index is 0.636. The van der Waals surface area contributed by atoms with E-state index in [0.717, 1.165) is 23.3 Å². The van der Waals surface area contributed by atoms with Crippen LogP contribution < -0.4 is 10.1 Å². The van der Waals surface area contributed by atoms with Crippen molar-refractivity contribution in [3.63, 3.8) is 0 Å². The van der Waals surface area contributed by atoms with Crippen LogP contribution in [0.3, 0.4) is 0 Å². The molecule has 0 saturated heterocycles. The van der Waals surface area contributed by atoms with Crippen molar-refractivity contribution in [2.75, 3.05) is 6.54 Å². The number of nitrogens with one attached hydrogen (secondary N) is 1. The van der Waals surface area contributed by atoms with Gasteiger partial charge < -0.3 is 10.1 Å². The monoisotopic (exact) mass is 367 g/mol. The Morgan fingerprint density at radius 2 is 2.14 bits per heavy atom. The lowest BCUT2D eigenvalue weighted by Crippen LogP contribution is -2.19. The molecule has 0 atom stereocenters. The van der Waals surface area contributed by atoms with Crippen LogP contribution in [0.4, 0.5) is 0 Å². The number of hydrogen-bond donors (Lipinski definition) is 1. The fourth-order valence-corrected chi connectivity index (χ4v) is 3.41. The van der Waals surface area contributed by atoms with E-state index in [1.165, 1.54) is 16.0 Å². The molecular weight excluding hydrogens is 346 g/mol. The molecule has 0 aliphatic rings. The second-order valence-electron chi connectivity index (χ2n) is 5.60. The number of ether oxygens (including phenoxy) is 1. The molecule has 4 heteroatoms. The molecule has 0 unspecified atom stereocenters. The Labute approximate surface area is 139 Å². The van der Waals surface area contributed by atoms with Crippen LogP contribution in [0.25, 0.3) is 0 Å². The third-order valence-electron chi connectivity index (χ3n) is 3.12. The Balaban J connectivity index is 2.09. The summed E-state index contributed by atoms with van der Waals surface area (Å²) in [5.74, 6) is 1.65. The summed E-state index contributed by atoms with van der Waals surface area (Å²) in [5, 5.41) is 5.57. The molecule has 2 rings (SSSR count). The Kier molecular flexibility index (Phi) is 6.27. The van der Waals surface area contributed by atoms with Crippen LogP contribution >= 0.6 is 27.3 Å². The Bertz CT molecular complexity index is 566. The van der Waals surface area contributed by atoms with Crippen molar-refractivity contribution in [2.24, 2.45) is 5.92 Å². The van der Waals surface area contributed by atoms with Crippen LogP contribution in [0.1, 0.15) is 29.9 Å². The normalized spacial score (nSPS) is 11.1. The number of thiophene rings is 1. The molecule has 114 valence electrons. The van der Waals surface area contributed by atoms with E-state index >= 15 is 0 Å². The second kappa shape index (κ2) is 7.97. The maximum absolute atomic E-state index is 6.07. The average molecular weight is 368 g/mol. The molecule has 1 aromatic carbocycles. The fourth-order valence-electron chi connectivity index (χ4n) is 2.17. The smallest absolute Gasteiger partial charge is 0.127 e. The summed E-state index contributed by atoms with van der Waals surface area (Å²) in [6, 6.07) is 8.41. The van der Waals surface area contributed by atoms with Gasteiger partial charge in [0.15, 0.2) is 0 Å². The number of halogens is 1. The van der Waals surface area contributed by atoms with Gasteiger partial charge in [0.1, 0.15) is 12.4 Å². The maximum atomic E-state index is 6.07. The molecule has 21 heavy (non-hydrogen) atoms. The molecule has 1 N–H and O–H groups in total. The van der Waals surface area contributed by atoms with Gasteiger partial charge in [-0.1, -0.05) is 35.8 Å². The van der Waals surface area contributed by atoms with Crippen molar-refractivity contribution in [1.82, 2.24) is 5.32 Å². The van der Waals surface area contributed by atoms with E-state index in [9.17, 15) is 0 Å². The predicted octanol–water partition coefficient (Wildman–Crippen LogP) is 5.14. The first kappa shape index (κ1) is 16.5. The maximum Gasteiger partial charge on any atom is 0.127 e. The fraction of sp³-hybridized carbons (Fsp3) is 0.412. The van der Waals surface area contributed by atoms with E-state index in [1.54, 1.807) is 11.3 Å². The molecule has 0 aliphatic carbocycles. The summed E-state index contributed by atoms with van der Waals surface area (Å²) in [4.78, 5) is 1.25. The van der Waals surface area contributed by atoms with Gasteiger partial charge in [0, 0.05) is 21.5 Å². The molecule has 1 aromatic heterocycles. The quantitative estimate of drug-likeness (QED) is 0.730. The predicted molar refractivity (Wildman–Crippen MR) is 94.1 cm³/mol. The zero-order valence-corrected chi connectivity index (χ0v) is 15.2. The van der Waals surface area contributed by atoms with Gasteiger partial charge in [0.05, 0.1) is 0 Å². The molecule has 2 nitrogen and oxygen atoms in total. The summed E-state index contributed by atoms with van der Waals surface area (Å²) in [7, 11) is 0. The van der Waals surface area contributed by atoms with Gasteiger partial charge in [0.25, 0.3) is 0 Å². The molecule has 0 bridgehead atoms. The molecule has 0 saturated carbocycles. The zero-order valence-electron chi connectivity index (χ0n) is 12.8. The topological polar surface area (TPSA) is 21.3 Å². The van der Waals surface area contributed by atoms with Crippen molar-refractivity contribution >= 4 is 27.3 Å². The molecule has 2 aromatic rings. The van der Waals surface area contributed by atoms with Crippen LogP contribution in [-0.2, 0) is 13.2 Å². The first-order chi connectivity index (χ1) is 10.1. The third kappa shape index (κ3) is 5.13. The minimum Gasteiger partial charge on any atom is -0.487 e. The molecular formula is C17H22BrNOS. The van der Waals surface area contributed by atoms with Gasteiger partial charge in [0.2, 0.25) is 0 Å². The largest absolute Gasteiger partial charge is 0.487 e. The van der Waals surface area contributed by atoms with Crippen molar-refractivity contribution in [3.05, 3.63) is 50.1 Å². The SMILES string of the molecule is Cc1cc(Br)cc(CNCC(C)C)c1OCc1cccs1. The summed E-state index contributed by atoms with van der Waals surface area (Å²) in [5.41, 5.74) is 2.38. The summed E-state index contributed by atoms with van der Waals surface area (Å²) < 4.78 is 7.18. The molecule has 1 heterocycles. The average Bonchev–Trinajstić information content (AvgIpc) is 2.90. The zero-order chi connectivity index (χ0) is 15.2. The highest BCUT2D eigenvalue weighted by atomic mass is 79.9. The van der Waals surface area contributed by atoms with Crippen LogP contribution in [0.5, 0.6) is 5.75 Å². The minimum absolute atomic E-state index is 0.636. The molecule has 0 amide bonds. The number of hydrogen-bond acceptors (Lipinski definition) is 3. The van der Waals surface area contributed by atoms with Crippen LogP contribution in [0, 0.1) is 12.8 Å². The third-order valence-corrected chi connectivity index (χ3v) is 4.43. The van der Waals surface area contributed by atoms with Gasteiger partial charge in [-0.2, -0.15) is 0 Å². The van der Waals surface area contributed by atoms with Crippen molar-refractivity contribution in [2.45, 2.75) is 33.9 Å². The van der Waals surface area contributed by atoms with Gasteiger partial charge in [-0.3, -0.25) is 0 Å². The highest BCUT2D eigenvalue weighted by Crippen LogP contribution is 2.29. The van der Waals surface area contributed by atoms with E-state index in [-0.39, 0.29) is 0 Å². The number of rotatable bonds is 7. The van der Waals surface area contributed by atoms with E-state index in [4.69, 9.17) is 4.74 Å². The Morgan fingerprint density at radius 1 is 1.33 bits per heavy atom. The second-order valence-corrected chi connectivity index (χ2v) is 7.55. The van der Waals surface area contributed by atoms with Crippen LogP contribution in [-0.4, -0.2) is 6.54 Å². The molecule has 0 fully saturated rings. The van der Waals surface area contributed by atoms with Gasteiger partial charge >= 0.3 is 0 Å². The lowest BCUT2D eigenvalue weighted by atomic mass is 10.1. The van der Waals surface area contributed by atoms with E-state index in [1.807, 2.05) is 0 Å². The molecule has 0 aliphatic heterocycles. The first-order valence-electron chi connectivity index (χ1n) is 7.21. The highest BCUT2D eigenvalue weighted by Gasteiger charge is 2.10. The van der Waals surface area contributed by atoms with Crippen LogP contribution in [0.15, 0.2) is 34.1 Å². The van der Waals surface area contributed by atoms with Crippen molar-refractivity contribution < 1.29 is 4.74 Å². The first-order valence-corrected chi connectivity index (χ1v) is 8.88. The lowest BCUT2D eigenvalue weighted by Gasteiger charge is -2.16. The summed E-state index contributed by atoms with van der Waals surface area (Å²) >= 11 is 5.31. The van der Waals surface area contributed by atoms with E-state index in [0.29, 0.717) is 12.5 Å². The summed E-state index contributed by atoms with van der Waals surface area (Å²) in [6.45, 7) is 9.01. The standard InChI is InChI=1S/C17H22BrNOS/c1-12(2)9-19-10-14-8-15(18)7-13(3)17(14)20-11-16-5-4-6-21-16/h4-8,12,19H,9-11H2,1-3H3. The van der Waals surface area contributed by atoms with Crippen LogP contribution in [0.2, 0.25) is 0 Å². The lowest BCUT2D eigenvalue weighted by molar-refractivity contribution is 0.303. The highest BCUT2D eigenvalue weighted by molar-refractivity contribution is 9.10. The van der Waals surface area contributed by atoms with Crippen molar-refractivity contribution in [1.29, 1.82) is 0 Å². The van der Waals surface area contributed by atoms with Crippen molar-refractivity contribution in [3.8, 4) is 5.75 Å². The Hall–Kier alpha value is -0.840. The van der Waals surface area contributed by atoms with Gasteiger partial charge in [-0.05, 0) is 48.5 Å².